The lowest BCUT2D eigenvalue weighted by Gasteiger charge is -2.27. The molecule has 1 fully saturated rings. The van der Waals surface area contributed by atoms with Crippen LogP contribution < -0.4 is 20.1 Å². The number of benzene rings is 1. The minimum atomic E-state index is -0.0379. The summed E-state index contributed by atoms with van der Waals surface area (Å²) in [7, 11) is 0. The molecular formula is C17H24N2O3. The van der Waals surface area contributed by atoms with Crippen LogP contribution in [0.1, 0.15) is 25.3 Å². The predicted molar refractivity (Wildman–Crippen MR) is 84.3 cm³/mol. The SMILES string of the molecule is CC1CCNC(C(=O)NCCc2ccc3c(c2)OCCO3)C1. The number of nitrogens with one attached hydrogen (secondary N) is 2. The van der Waals surface area contributed by atoms with Gasteiger partial charge in [-0.15, -0.1) is 0 Å². The third kappa shape index (κ3) is 3.71. The Morgan fingerprint density at radius 3 is 2.95 bits per heavy atom. The molecule has 5 heteroatoms. The first-order chi connectivity index (χ1) is 10.7. The van der Waals surface area contributed by atoms with E-state index in [1.54, 1.807) is 0 Å². The summed E-state index contributed by atoms with van der Waals surface area (Å²) in [5.41, 5.74) is 1.15. The van der Waals surface area contributed by atoms with Crippen molar-refractivity contribution < 1.29 is 14.3 Å². The number of rotatable bonds is 4. The molecule has 2 heterocycles. The molecule has 0 radical (unpaired) electrons. The highest BCUT2D eigenvalue weighted by atomic mass is 16.6. The Kier molecular flexibility index (Phi) is 4.83. The van der Waals surface area contributed by atoms with Gasteiger partial charge in [0, 0.05) is 6.54 Å². The molecule has 0 aliphatic carbocycles. The molecule has 1 aromatic carbocycles. The second kappa shape index (κ2) is 7.01. The fraction of sp³-hybridized carbons (Fsp3) is 0.588. The topological polar surface area (TPSA) is 59.6 Å². The monoisotopic (exact) mass is 304 g/mol. The van der Waals surface area contributed by atoms with Gasteiger partial charge < -0.3 is 20.1 Å². The lowest BCUT2D eigenvalue weighted by atomic mass is 9.94. The summed E-state index contributed by atoms with van der Waals surface area (Å²) in [6.45, 7) is 4.98. The van der Waals surface area contributed by atoms with Gasteiger partial charge in [-0.05, 0) is 49.4 Å². The van der Waals surface area contributed by atoms with Crippen LogP contribution in [0.3, 0.4) is 0 Å². The Hall–Kier alpha value is -1.75. The quantitative estimate of drug-likeness (QED) is 0.885. The van der Waals surface area contributed by atoms with Gasteiger partial charge in [0.25, 0.3) is 0 Å². The normalized spacial score (nSPS) is 23.9. The molecule has 2 aliphatic rings. The van der Waals surface area contributed by atoms with Crippen LogP contribution in [0.2, 0.25) is 0 Å². The van der Waals surface area contributed by atoms with E-state index in [2.05, 4.69) is 17.6 Å². The number of carbonyl (C=O) groups excluding carboxylic acids is 1. The van der Waals surface area contributed by atoms with Crippen LogP contribution in [0.15, 0.2) is 18.2 Å². The number of hydrogen-bond acceptors (Lipinski definition) is 4. The van der Waals surface area contributed by atoms with Crippen LogP contribution in [-0.4, -0.2) is 38.3 Å². The summed E-state index contributed by atoms with van der Waals surface area (Å²) in [5, 5.41) is 6.32. The summed E-state index contributed by atoms with van der Waals surface area (Å²) in [6.07, 6.45) is 2.88. The summed E-state index contributed by atoms with van der Waals surface area (Å²) in [4.78, 5) is 12.1. The molecule has 0 saturated carbocycles. The first-order valence-corrected chi connectivity index (χ1v) is 8.12. The van der Waals surface area contributed by atoms with E-state index in [1.807, 2.05) is 18.2 Å². The van der Waals surface area contributed by atoms with E-state index in [-0.39, 0.29) is 11.9 Å². The van der Waals surface area contributed by atoms with E-state index < -0.39 is 0 Å². The molecule has 22 heavy (non-hydrogen) atoms. The summed E-state index contributed by atoms with van der Waals surface area (Å²) >= 11 is 0. The Labute approximate surface area is 131 Å². The molecule has 120 valence electrons. The minimum Gasteiger partial charge on any atom is -0.486 e. The highest BCUT2D eigenvalue weighted by molar-refractivity contribution is 5.81. The number of amides is 1. The van der Waals surface area contributed by atoms with Crippen LogP contribution in [0, 0.1) is 5.92 Å². The molecule has 1 amide bonds. The maximum atomic E-state index is 12.1. The number of carbonyl (C=O) groups is 1. The Morgan fingerprint density at radius 1 is 1.32 bits per heavy atom. The van der Waals surface area contributed by atoms with Crippen LogP contribution in [0.25, 0.3) is 0 Å². The molecule has 2 aliphatic heterocycles. The number of ether oxygens (including phenoxy) is 2. The smallest absolute Gasteiger partial charge is 0.237 e. The van der Waals surface area contributed by atoms with Crippen LogP contribution >= 0.6 is 0 Å². The number of piperidine rings is 1. The molecule has 5 nitrogen and oxygen atoms in total. The number of fused-ring (bicyclic) bond motifs is 1. The van der Waals surface area contributed by atoms with Gasteiger partial charge in [0.05, 0.1) is 6.04 Å². The third-order valence-electron chi connectivity index (χ3n) is 4.30. The van der Waals surface area contributed by atoms with E-state index in [1.165, 1.54) is 0 Å². The second-order valence-corrected chi connectivity index (χ2v) is 6.16. The molecule has 0 bridgehead atoms. The highest BCUT2D eigenvalue weighted by Crippen LogP contribution is 2.30. The van der Waals surface area contributed by atoms with Crippen LogP contribution in [-0.2, 0) is 11.2 Å². The lowest BCUT2D eigenvalue weighted by molar-refractivity contribution is -0.123. The van der Waals surface area contributed by atoms with E-state index in [9.17, 15) is 4.79 Å². The maximum Gasteiger partial charge on any atom is 0.237 e. The second-order valence-electron chi connectivity index (χ2n) is 6.16. The van der Waals surface area contributed by atoms with E-state index in [0.29, 0.717) is 25.7 Å². The van der Waals surface area contributed by atoms with Crippen molar-refractivity contribution in [1.29, 1.82) is 0 Å². The first-order valence-electron chi connectivity index (χ1n) is 8.12. The summed E-state index contributed by atoms with van der Waals surface area (Å²) < 4.78 is 11.1. The van der Waals surface area contributed by atoms with Gasteiger partial charge in [-0.2, -0.15) is 0 Å². The molecular weight excluding hydrogens is 280 g/mol. The Morgan fingerprint density at radius 2 is 2.14 bits per heavy atom. The van der Waals surface area contributed by atoms with E-state index >= 15 is 0 Å². The van der Waals surface area contributed by atoms with Gasteiger partial charge in [0.15, 0.2) is 11.5 Å². The third-order valence-corrected chi connectivity index (χ3v) is 4.30. The van der Waals surface area contributed by atoms with Gasteiger partial charge in [-0.3, -0.25) is 4.79 Å². The molecule has 2 unspecified atom stereocenters. The van der Waals surface area contributed by atoms with Crippen molar-refractivity contribution >= 4 is 5.91 Å². The summed E-state index contributed by atoms with van der Waals surface area (Å²) in [6, 6.07) is 5.93. The van der Waals surface area contributed by atoms with E-state index in [0.717, 1.165) is 42.9 Å². The Bertz CT molecular complexity index is 533. The molecule has 1 saturated heterocycles. The average molecular weight is 304 g/mol. The van der Waals surface area contributed by atoms with Gasteiger partial charge in [0.1, 0.15) is 13.2 Å². The van der Waals surface area contributed by atoms with Crippen molar-refractivity contribution in [2.45, 2.75) is 32.2 Å². The fourth-order valence-corrected chi connectivity index (χ4v) is 3.00. The molecule has 0 spiro atoms. The predicted octanol–water partition coefficient (Wildman–Crippen LogP) is 1.50. The van der Waals surface area contributed by atoms with Crippen LogP contribution in [0.4, 0.5) is 0 Å². The molecule has 3 rings (SSSR count). The van der Waals surface area contributed by atoms with Crippen molar-refractivity contribution in [3.8, 4) is 11.5 Å². The molecule has 1 aromatic rings. The van der Waals surface area contributed by atoms with Gasteiger partial charge in [0.2, 0.25) is 5.91 Å². The summed E-state index contributed by atoms with van der Waals surface area (Å²) in [5.74, 6) is 2.34. The first kappa shape index (κ1) is 15.2. The van der Waals surface area contributed by atoms with Gasteiger partial charge in [-0.25, -0.2) is 0 Å². The minimum absolute atomic E-state index is 0.0379. The largest absolute Gasteiger partial charge is 0.486 e. The molecule has 0 aromatic heterocycles. The highest BCUT2D eigenvalue weighted by Gasteiger charge is 2.24. The van der Waals surface area contributed by atoms with E-state index in [4.69, 9.17) is 9.47 Å². The zero-order valence-corrected chi connectivity index (χ0v) is 13.1. The van der Waals surface area contributed by atoms with Crippen molar-refractivity contribution in [3.63, 3.8) is 0 Å². The molecule has 2 atom stereocenters. The van der Waals surface area contributed by atoms with Crippen LogP contribution in [0.5, 0.6) is 11.5 Å². The zero-order chi connectivity index (χ0) is 15.4. The van der Waals surface area contributed by atoms with Crippen molar-refractivity contribution in [2.75, 3.05) is 26.3 Å². The lowest BCUT2D eigenvalue weighted by Crippen LogP contribution is -2.48. The maximum absolute atomic E-state index is 12.1. The van der Waals surface area contributed by atoms with Gasteiger partial charge in [-0.1, -0.05) is 13.0 Å². The zero-order valence-electron chi connectivity index (χ0n) is 13.1. The van der Waals surface area contributed by atoms with Crippen molar-refractivity contribution in [3.05, 3.63) is 23.8 Å². The molecule has 2 N–H and O–H groups in total. The average Bonchev–Trinajstić information content (AvgIpc) is 2.54. The van der Waals surface area contributed by atoms with Gasteiger partial charge >= 0.3 is 0 Å². The Balaban J connectivity index is 1.47. The van der Waals surface area contributed by atoms with Crippen molar-refractivity contribution in [2.24, 2.45) is 5.92 Å². The standard InChI is InChI=1S/C17H24N2O3/c1-12-4-6-18-14(10-12)17(20)19-7-5-13-2-3-15-16(11-13)22-9-8-21-15/h2-3,11-12,14,18H,4-10H2,1H3,(H,19,20). The fourth-order valence-electron chi connectivity index (χ4n) is 3.00. The number of hydrogen-bond donors (Lipinski definition) is 2. The van der Waals surface area contributed by atoms with Crippen molar-refractivity contribution in [1.82, 2.24) is 10.6 Å².